The predicted molar refractivity (Wildman–Crippen MR) is 63.1 cm³/mol. The second-order valence-electron chi connectivity index (χ2n) is 4.18. The summed E-state index contributed by atoms with van der Waals surface area (Å²) in [6.07, 6.45) is -4.71. The van der Waals surface area contributed by atoms with E-state index in [-0.39, 0.29) is 25.3 Å². The minimum Gasteiger partial charge on any atom is -0.508 e. The quantitative estimate of drug-likeness (QED) is 0.819. The summed E-state index contributed by atoms with van der Waals surface area (Å²) in [6.45, 7) is 0.247. The number of hydrogen-bond acceptors (Lipinski definition) is 4. The molecule has 0 amide bonds. The van der Waals surface area contributed by atoms with Gasteiger partial charge in [0.1, 0.15) is 5.75 Å². The molecule has 1 aliphatic heterocycles. The second kappa shape index (κ2) is 4.97. The Morgan fingerprint density at radius 2 is 2.00 bits per heavy atom. The summed E-state index contributed by atoms with van der Waals surface area (Å²) >= 11 is 5.87. The highest BCUT2D eigenvalue weighted by molar-refractivity contribution is 6.31. The zero-order chi connectivity index (χ0) is 14.1. The highest BCUT2D eigenvalue weighted by atomic mass is 35.5. The van der Waals surface area contributed by atoms with Gasteiger partial charge in [-0.1, -0.05) is 17.7 Å². The molecule has 2 rings (SSSR count). The van der Waals surface area contributed by atoms with E-state index in [0.717, 1.165) is 0 Å². The molecule has 104 valence electrons. The summed E-state index contributed by atoms with van der Waals surface area (Å²) in [4.78, 5) is 0. The van der Waals surface area contributed by atoms with Crippen molar-refractivity contribution in [1.29, 1.82) is 0 Å². The van der Waals surface area contributed by atoms with Crippen molar-refractivity contribution < 1.29 is 18.3 Å². The lowest BCUT2D eigenvalue weighted by molar-refractivity contribution is -0.164. The van der Waals surface area contributed by atoms with E-state index in [2.05, 4.69) is 15.5 Å². The summed E-state index contributed by atoms with van der Waals surface area (Å²) in [7, 11) is 0. The van der Waals surface area contributed by atoms with Crippen LogP contribution in [0.5, 0.6) is 5.75 Å². The molecule has 4 nitrogen and oxygen atoms in total. The zero-order valence-corrected chi connectivity index (χ0v) is 10.5. The van der Waals surface area contributed by atoms with Crippen molar-refractivity contribution >= 4 is 11.6 Å². The average Bonchev–Trinajstić information content (AvgIpc) is 3.08. The third kappa shape index (κ3) is 2.98. The third-order valence-electron chi connectivity index (χ3n) is 2.84. The van der Waals surface area contributed by atoms with Gasteiger partial charge in [0.05, 0.1) is 0 Å². The number of rotatable bonds is 5. The Bertz CT molecular complexity index is 478. The van der Waals surface area contributed by atoms with Crippen LogP contribution in [-0.2, 0) is 6.54 Å². The third-order valence-corrected chi connectivity index (χ3v) is 3.20. The molecule has 8 heteroatoms. The molecule has 0 radical (unpaired) electrons. The number of nitrogens with one attached hydrogen (secondary N) is 1. The van der Waals surface area contributed by atoms with Crippen LogP contribution in [0, 0.1) is 0 Å². The van der Waals surface area contributed by atoms with Crippen LogP contribution < -0.4 is 5.32 Å². The molecule has 0 saturated carbocycles. The number of phenols is 1. The van der Waals surface area contributed by atoms with Crippen LogP contribution in [-0.4, -0.2) is 23.5 Å². The number of hydrogen-bond donors (Lipinski definition) is 2. The minimum atomic E-state index is -4.44. The van der Waals surface area contributed by atoms with Crippen LogP contribution in [0.3, 0.4) is 0 Å². The fraction of sp³-hybridized carbons (Fsp3) is 0.455. The maximum atomic E-state index is 12.5. The Morgan fingerprint density at radius 1 is 1.32 bits per heavy atom. The molecule has 1 heterocycles. The summed E-state index contributed by atoms with van der Waals surface area (Å²) < 4.78 is 37.5. The molecule has 1 aromatic rings. The molecule has 1 aromatic carbocycles. The van der Waals surface area contributed by atoms with E-state index in [9.17, 15) is 18.3 Å². The maximum absolute atomic E-state index is 12.5. The highest BCUT2D eigenvalue weighted by Crippen LogP contribution is 2.46. The number of halogens is 4. The lowest BCUT2D eigenvalue weighted by atomic mass is 10.1. The van der Waals surface area contributed by atoms with Gasteiger partial charge in [0.25, 0.3) is 5.66 Å². The topological polar surface area (TPSA) is 57.0 Å². The van der Waals surface area contributed by atoms with Crippen molar-refractivity contribution in [2.24, 2.45) is 10.2 Å². The smallest absolute Gasteiger partial charge is 0.437 e. The van der Waals surface area contributed by atoms with Crippen LogP contribution >= 0.6 is 11.6 Å². The van der Waals surface area contributed by atoms with Gasteiger partial charge < -0.3 is 10.4 Å². The first kappa shape index (κ1) is 14.1. The summed E-state index contributed by atoms with van der Waals surface area (Å²) in [6, 6.07) is 4.65. The molecule has 0 saturated heterocycles. The van der Waals surface area contributed by atoms with Crippen LogP contribution in [0.4, 0.5) is 13.2 Å². The zero-order valence-electron chi connectivity index (χ0n) is 9.71. The van der Waals surface area contributed by atoms with Gasteiger partial charge in [0.15, 0.2) is 0 Å². The molecule has 0 fully saturated rings. The van der Waals surface area contributed by atoms with Gasteiger partial charge >= 0.3 is 6.18 Å². The van der Waals surface area contributed by atoms with Crippen LogP contribution in [0.25, 0.3) is 0 Å². The molecule has 0 spiro atoms. The molecule has 1 aliphatic rings. The monoisotopic (exact) mass is 293 g/mol. The van der Waals surface area contributed by atoms with Crippen molar-refractivity contribution in [1.82, 2.24) is 5.32 Å². The highest BCUT2D eigenvalue weighted by Gasteiger charge is 2.63. The first-order valence-electron chi connectivity index (χ1n) is 5.53. The van der Waals surface area contributed by atoms with E-state index in [1.54, 1.807) is 12.1 Å². The molecule has 2 N–H and O–H groups in total. The fourth-order valence-corrected chi connectivity index (χ4v) is 1.85. The van der Waals surface area contributed by atoms with Crippen molar-refractivity contribution in [3.63, 3.8) is 0 Å². The SMILES string of the molecule is Oc1cccc(Cl)c1CNCCC1(C(F)(F)F)N=N1. The lowest BCUT2D eigenvalue weighted by Gasteiger charge is -2.15. The maximum Gasteiger partial charge on any atom is 0.437 e. The summed E-state index contributed by atoms with van der Waals surface area (Å²) in [5, 5.41) is 18.8. The van der Waals surface area contributed by atoms with Gasteiger partial charge in [0.2, 0.25) is 0 Å². The van der Waals surface area contributed by atoms with Crippen LogP contribution in [0.15, 0.2) is 28.4 Å². The van der Waals surface area contributed by atoms with Gasteiger partial charge in [-0.15, -0.1) is 10.2 Å². The Morgan fingerprint density at radius 3 is 2.53 bits per heavy atom. The Labute approximate surface area is 112 Å². The average molecular weight is 294 g/mol. The van der Waals surface area contributed by atoms with Crippen molar-refractivity contribution in [2.45, 2.75) is 24.8 Å². The summed E-state index contributed by atoms with van der Waals surface area (Å²) in [5.74, 6) is 0.00586. The van der Waals surface area contributed by atoms with E-state index < -0.39 is 11.8 Å². The van der Waals surface area contributed by atoms with Crippen molar-refractivity contribution in [3.8, 4) is 5.75 Å². The Kier molecular flexibility index (Phi) is 3.69. The van der Waals surface area contributed by atoms with Gasteiger partial charge in [-0.3, -0.25) is 0 Å². The predicted octanol–water partition coefficient (Wildman–Crippen LogP) is 3.25. The number of aromatic hydroxyl groups is 1. The molecular weight excluding hydrogens is 283 g/mol. The standard InChI is InChI=1S/C11H11ClF3N3O/c12-8-2-1-3-9(19)7(8)6-16-5-4-10(17-18-10)11(13,14)15/h1-3,16,19H,4-6H2. The van der Waals surface area contributed by atoms with Gasteiger partial charge in [0, 0.05) is 30.1 Å². The number of benzene rings is 1. The summed E-state index contributed by atoms with van der Waals surface area (Å²) in [5.41, 5.74) is -1.78. The van der Waals surface area contributed by atoms with E-state index >= 15 is 0 Å². The van der Waals surface area contributed by atoms with Crippen molar-refractivity contribution in [2.75, 3.05) is 6.54 Å². The van der Waals surface area contributed by atoms with E-state index in [0.29, 0.717) is 10.6 Å². The molecule has 0 atom stereocenters. The largest absolute Gasteiger partial charge is 0.508 e. The van der Waals surface area contributed by atoms with Crippen molar-refractivity contribution in [3.05, 3.63) is 28.8 Å². The van der Waals surface area contributed by atoms with E-state index in [1.807, 2.05) is 0 Å². The van der Waals surface area contributed by atoms with Gasteiger partial charge in [-0.05, 0) is 12.1 Å². The van der Waals surface area contributed by atoms with E-state index in [4.69, 9.17) is 11.6 Å². The van der Waals surface area contributed by atoms with E-state index in [1.165, 1.54) is 6.07 Å². The number of phenolic OH excluding ortho intramolecular Hbond substituents is 1. The molecule has 0 aromatic heterocycles. The molecule has 19 heavy (non-hydrogen) atoms. The minimum absolute atomic E-state index is 0.00586. The van der Waals surface area contributed by atoms with Gasteiger partial charge in [-0.25, -0.2) is 0 Å². The first-order valence-corrected chi connectivity index (χ1v) is 5.91. The molecular formula is C11H11ClF3N3O. The first-order chi connectivity index (χ1) is 8.86. The Hall–Kier alpha value is -1.34. The molecule has 0 aliphatic carbocycles. The lowest BCUT2D eigenvalue weighted by Crippen LogP contribution is -2.35. The van der Waals surface area contributed by atoms with Crippen LogP contribution in [0.1, 0.15) is 12.0 Å². The van der Waals surface area contributed by atoms with Crippen LogP contribution in [0.2, 0.25) is 5.02 Å². The second-order valence-corrected chi connectivity index (χ2v) is 4.59. The normalized spacial score (nSPS) is 16.6. The molecule has 0 bridgehead atoms. The molecule has 0 unspecified atom stereocenters. The Balaban J connectivity index is 1.82. The van der Waals surface area contributed by atoms with Gasteiger partial charge in [-0.2, -0.15) is 13.2 Å². The number of nitrogens with zero attached hydrogens (tertiary/aromatic N) is 2. The fourth-order valence-electron chi connectivity index (χ4n) is 1.61. The number of alkyl halides is 3.